The number of hydrogen-bond donors (Lipinski definition) is 1. The lowest BCUT2D eigenvalue weighted by molar-refractivity contribution is -0.294. The molecule has 34 heavy (non-hydrogen) atoms. The summed E-state index contributed by atoms with van der Waals surface area (Å²) >= 11 is 0. The summed E-state index contributed by atoms with van der Waals surface area (Å²) in [4.78, 5) is 18.0. The molecule has 0 aromatic heterocycles. The van der Waals surface area contributed by atoms with E-state index >= 15 is 0 Å². The van der Waals surface area contributed by atoms with Crippen molar-refractivity contribution < 1.29 is 24.4 Å². The monoisotopic (exact) mass is 482 g/mol. The van der Waals surface area contributed by atoms with E-state index in [9.17, 15) is 10.1 Å². The van der Waals surface area contributed by atoms with E-state index in [1.807, 2.05) is 0 Å². The van der Waals surface area contributed by atoms with Crippen molar-refractivity contribution in [1.29, 1.82) is 0 Å². The summed E-state index contributed by atoms with van der Waals surface area (Å²) in [5.74, 6) is -0.0632. The van der Waals surface area contributed by atoms with Crippen molar-refractivity contribution in [2.24, 2.45) is 11.8 Å². The van der Waals surface area contributed by atoms with Crippen LogP contribution in [-0.2, 0) is 19.2 Å². The molecule has 200 valence electrons. The maximum atomic E-state index is 13.0. The van der Waals surface area contributed by atoms with Gasteiger partial charge in [0.25, 0.3) is 0 Å². The fourth-order valence-electron chi connectivity index (χ4n) is 5.86. The number of esters is 1. The first-order valence-electron chi connectivity index (χ1n) is 14.8. The average molecular weight is 483 g/mol. The number of unbranched alkanes of at least 4 members (excludes halogenated alkanes) is 8. The van der Waals surface area contributed by atoms with Crippen molar-refractivity contribution in [1.82, 2.24) is 0 Å². The first-order chi connectivity index (χ1) is 16.7. The molecule has 2 fully saturated rings. The molecule has 2 aliphatic carbocycles. The molecule has 2 atom stereocenters. The maximum Gasteiger partial charge on any atom is 0.311 e. The third-order valence-corrected chi connectivity index (χ3v) is 8.03. The van der Waals surface area contributed by atoms with Crippen molar-refractivity contribution in [3.8, 4) is 0 Å². The molecule has 5 heteroatoms. The molecule has 2 saturated carbocycles. The van der Waals surface area contributed by atoms with E-state index in [-0.39, 0.29) is 11.9 Å². The van der Waals surface area contributed by atoms with Gasteiger partial charge in [0.1, 0.15) is 12.7 Å². The Bertz CT molecular complexity index is 485. The summed E-state index contributed by atoms with van der Waals surface area (Å²) < 4.78 is 11.6. The third-order valence-electron chi connectivity index (χ3n) is 8.03. The second-order valence-corrected chi connectivity index (χ2v) is 10.9. The van der Waals surface area contributed by atoms with Crippen LogP contribution in [0.25, 0.3) is 0 Å². The largest absolute Gasteiger partial charge is 0.463 e. The fourth-order valence-corrected chi connectivity index (χ4v) is 5.86. The SMILES string of the molecule is CCCCCCCCCCCC(C(=O)OCCOC1CCCCC1)C(CC1CCCCC1)OO. The summed E-state index contributed by atoms with van der Waals surface area (Å²) in [6, 6.07) is 0. The molecule has 2 rings (SSSR count). The molecule has 0 aromatic rings. The smallest absolute Gasteiger partial charge is 0.311 e. The highest BCUT2D eigenvalue weighted by Crippen LogP contribution is 2.32. The van der Waals surface area contributed by atoms with Crippen LogP contribution in [0.15, 0.2) is 0 Å². The lowest BCUT2D eigenvalue weighted by Gasteiger charge is -2.29. The predicted octanol–water partition coefficient (Wildman–Crippen LogP) is 8.24. The molecule has 0 amide bonds. The van der Waals surface area contributed by atoms with Crippen molar-refractivity contribution in [3.05, 3.63) is 0 Å². The Balaban J connectivity index is 1.74. The Morgan fingerprint density at radius 2 is 1.38 bits per heavy atom. The number of hydrogen-bond acceptors (Lipinski definition) is 5. The summed E-state index contributed by atoms with van der Waals surface area (Å²) in [6.45, 7) is 3.02. The summed E-state index contributed by atoms with van der Waals surface area (Å²) in [6.07, 6.45) is 24.8. The fraction of sp³-hybridized carbons (Fsp3) is 0.966. The lowest BCUT2D eigenvalue weighted by Crippen LogP contribution is -2.34. The van der Waals surface area contributed by atoms with Crippen LogP contribution in [0, 0.1) is 11.8 Å². The van der Waals surface area contributed by atoms with Crippen LogP contribution in [0.5, 0.6) is 0 Å². The van der Waals surface area contributed by atoms with Gasteiger partial charge in [0.05, 0.1) is 18.6 Å². The van der Waals surface area contributed by atoms with Crippen LogP contribution in [0.1, 0.15) is 142 Å². The maximum absolute atomic E-state index is 13.0. The Labute approximate surface area is 209 Å². The molecule has 0 bridgehead atoms. The minimum Gasteiger partial charge on any atom is -0.463 e. The minimum absolute atomic E-state index is 0.221. The molecule has 0 radical (unpaired) electrons. The third kappa shape index (κ3) is 12.9. The van der Waals surface area contributed by atoms with Crippen LogP contribution >= 0.6 is 0 Å². The normalized spacial score (nSPS) is 19.7. The molecule has 2 unspecified atom stereocenters. The number of rotatable bonds is 19. The minimum atomic E-state index is -0.455. The molecule has 0 aliphatic heterocycles. The van der Waals surface area contributed by atoms with Gasteiger partial charge in [-0.1, -0.05) is 116 Å². The van der Waals surface area contributed by atoms with Gasteiger partial charge in [-0.25, -0.2) is 4.89 Å². The van der Waals surface area contributed by atoms with Crippen molar-refractivity contribution in [2.75, 3.05) is 13.2 Å². The summed E-state index contributed by atoms with van der Waals surface area (Å²) in [5, 5.41) is 9.73. The van der Waals surface area contributed by atoms with Gasteiger partial charge in [0.2, 0.25) is 0 Å². The number of carbonyl (C=O) groups excluding carboxylic acids is 1. The average Bonchev–Trinajstić information content (AvgIpc) is 2.88. The predicted molar refractivity (Wildman–Crippen MR) is 138 cm³/mol. The van der Waals surface area contributed by atoms with Gasteiger partial charge in [-0.3, -0.25) is 10.1 Å². The molecule has 5 nitrogen and oxygen atoms in total. The van der Waals surface area contributed by atoms with Crippen LogP contribution in [0.4, 0.5) is 0 Å². The highest BCUT2D eigenvalue weighted by Gasteiger charge is 2.33. The Hall–Kier alpha value is -0.650. The zero-order valence-electron chi connectivity index (χ0n) is 22.2. The first-order valence-corrected chi connectivity index (χ1v) is 14.8. The lowest BCUT2D eigenvalue weighted by atomic mass is 9.81. The molecule has 0 heterocycles. The van der Waals surface area contributed by atoms with Gasteiger partial charge in [-0.05, 0) is 31.6 Å². The molecule has 2 aliphatic rings. The van der Waals surface area contributed by atoms with E-state index in [4.69, 9.17) is 14.4 Å². The molecule has 0 saturated heterocycles. The Kier molecular flexibility index (Phi) is 17.0. The van der Waals surface area contributed by atoms with Crippen molar-refractivity contribution in [3.63, 3.8) is 0 Å². The van der Waals surface area contributed by atoms with Crippen LogP contribution < -0.4 is 0 Å². The highest BCUT2D eigenvalue weighted by molar-refractivity contribution is 5.73. The molecule has 0 spiro atoms. The summed E-state index contributed by atoms with van der Waals surface area (Å²) in [7, 11) is 0. The molecular weight excluding hydrogens is 428 g/mol. The van der Waals surface area contributed by atoms with Crippen molar-refractivity contribution >= 4 is 5.97 Å². The number of carbonyl (C=O) groups is 1. The second kappa shape index (κ2) is 19.5. The van der Waals surface area contributed by atoms with Crippen LogP contribution in [0.3, 0.4) is 0 Å². The first kappa shape index (κ1) is 29.6. The zero-order chi connectivity index (χ0) is 24.3. The highest BCUT2D eigenvalue weighted by atomic mass is 17.1. The Morgan fingerprint density at radius 1 is 0.794 bits per heavy atom. The van der Waals surface area contributed by atoms with E-state index in [2.05, 4.69) is 6.92 Å². The molecule has 0 aromatic carbocycles. The van der Waals surface area contributed by atoms with Crippen molar-refractivity contribution in [2.45, 2.75) is 154 Å². The van der Waals surface area contributed by atoms with Gasteiger partial charge in [-0.2, -0.15) is 0 Å². The van der Waals surface area contributed by atoms with Crippen LogP contribution in [-0.4, -0.2) is 36.6 Å². The Morgan fingerprint density at radius 3 is 2.00 bits per heavy atom. The van der Waals surface area contributed by atoms with Gasteiger partial charge < -0.3 is 9.47 Å². The molecular formula is C29H54O5. The van der Waals surface area contributed by atoms with E-state index in [1.165, 1.54) is 96.3 Å². The van der Waals surface area contributed by atoms with E-state index in [0.29, 0.717) is 25.2 Å². The van der Waals surface area contributed by atoms with Gasteiger partial charge in [-0.15, -0.1) is 0 Å². The van der Waals surface area contributed by atoms with E-state index < -0.39 is 6.10 Å². The molecule has 1 N–H and O–H groups in total. The number of ether oxygens (including phenoxy) is 2. The summed E-state index contributed by atoms with van der Waals surface area (Å²) in [5.41, 5.74) is 0. The standard InChI is InChI=1S/C29H54O5/c1-2-3-4-5-6-7-8-9-16-21-27(28(34-31)24-25-17-12-10-13-18-25)29(30)33-23-22-32-26-19-14-11-15-20-26/h25-28,31H,2-24H2,1H3. The topological polar surface area (TPSA) is 65.0 Å². The van der Waals surface area contributed by atoms with E-state index in [0.717, 1.165) is 38.5 Å². The van der Waals surface area contributed by atoms with Gasteiger partial charge >= 0.3 is 5.97 Å². The van der Waals surface area contributed by atoms with Gasteiger partial charge in [0.15, 0.2) is 0 Å². The zero-order valence-corrected chi connectivity index (χ0v) is 22.2. The van der Waals surface area contributed by atoms with Crippen LogP contribution in [0.2, 0.25) is 0 Å². The quantitative estimate of drug-likeness (QED) is 0.0869. The second-order valence-electron chi connectivity index (χ2n) is 10.9. The van der Waals surface area contributed by atoms with Gasteiger partial charge in [0, 0.05) is 0 Å². The van der Waals surface area contributed by atoms with E-state index in [1.54, 1.807) is 0 Å².